The molecule has 5 nitrogen and oxygen atoms in total. The minimum atomic E-state index is -0.762. The van der Waals surface area contributed by atoms with Crippen LogP contribution in [0.25, 0.3) is 11.3 Å². The highest BCUT2D eigenvalue weighted by atomic mass is 16.3. The van der Waals surface area contributed by atoms with E-state index >= 15 is 0 Å². The molecule has 0 radical (unpaired) electrons. The summed E-state index contributed by atoms with van der Waals surface area (Å²) in [6, 6.07) is 18.5. The topological polar surface area (TPSA) is 78.0 Å². The molecule has 0 bridgehead atoms. The van der Waals surface area contributed by atoms with Crippen molar-refractivity contribution < 1.29 is 9.90 Å². The number of aliphatic hydroxyl groups is 1. The molecular formula is C20H21N3O2. The average molecular weight is 335 g/mol. The number of aliphatic hydroxyl groups excluding tert-OH is 1. The van der Waals surface area contributed by atoms with E-state index in [2.05, 4.69) is 15.5 Å². The first kappa shape index (κ1) is 16.9. The number of benzene rings is 2. The van der Waals surface area contributed by atoms with Crippen molar-refractivity contribution in [3.8, 4) is 11.3 Å². The normalized spacial score (nSPS) is 13.2. The van der Waals surface area contributed by atoms with E-state index < -0.39 is 6.10 Å². The van der Waals surface area contributed by atoms with Crippen LogP contribution < -0.4 is 5.32 Å². The molecule has 5 heteroatoms. The molecule has 3 aromatic rings. The fraction of sp³-hybridized carbons (Fsp3) is 0.200. The third kappa shape index (κ3) is 3.78. The van der Waals surface area contributed by atoms with Gasteiger partial charge in [0, 0.05) is 5.56 Å². The molecule has 0 spiro atoms. The quantitative estimate of drug-likeness (QED) is 0.646. The maximum absolute atomic E-state index is 12.7. The molecule has 1 heterocycles. The molecule has 0 aliphatic rings. The second kappa shape index (κ2) is 7.77. The summed E-state index contributed by atoms with van der Waals surface area (Å²) in [6.07, 6.45) is 1.36. The minimum absolute atomic E-state index is 0.255. The maximum Gasteiger partial charge on any atom is 0.255 e. The monoisotopic (exact) mass is 335 g/mol. The Morgan fingerprint density at radius 2 is 1.76 bits per heavy atom. The third-order valence-electron chi connectivity index (χ3n) is 4.22. The van der Waals surface area contributed by atoms with Gasteiger partial charge in [-0.25, -0.2) is 0 Å². The maximum atomic E-state index is 12.7. The summed E-state index contributed by atoms with van der Waals surface area (Å²) in [6.45, 7) is 1.94. The van der Waals surface area contributed by atoms with E-state index in [0.717, 1.165) is 11.1 Å². The number of H-pyrrole nitrogens is 1. The van der Waals surface area contributed by atoms with E-state index in [-0.39, 0.29) is 11.9 Å². The van der Waals surface area contributed by atoms with Gasteiger partial charge >= 0.3 is 0 Å². The molecule has 128 valence electrons. The first-order valence-electron chi connectivity index (χ1n) is 8.33. The lowest BCUT2D eigenvalue weighted by molar-refractivity contribution is 0.0827. The highest BCUT2D eigenvalue weighted by molar-refractivity contribution is 5.99. The number of nitrogens with zero attached hydrogens (tertiary/aromatic N) is 1. The van der Waals surface area contributed by atoms with Crippen molar-refractivity contribution in [3.05, 3.63) is 78.0 Å². The first-order chi connectivity index (χ1) is 12.2. The lowest BCUT2D eigenvalue weighted by Crippen LogP contribution is -2.39. The van der Waals surface area contributed by atoms with Crippen molar-refractivity contribution in [2.24, 2.45) is 0 Å². The summed E-state index contributed by atoms with van der Waals surface area (Å²) >= 11 is 0. The molecule has 25 heavy (non-hydrogen) atoms. The van der Waals surface area contributed by atoms with Crippen LogP contribution in [-0.4, -0.2) is 27.3 Å². The predicted molar refractivity (Wildman–Crippen MR) is 97.0 cm³/mol. The molecular weight excluding hydrogens is 314 g/mol. The van der Waals surface area contributed by atoms with Crippen LogP contribution in [0.1, 0.15) is 35.4 Å². The molecule has 2 unspecified atom stereocenters. The van der Waals surface area contributed by atoms with E-state index in [0.29, 0.717) is 17.7 Å². The number of nitrogens with one attached hydrogen (secondary N) is 2. The number of rotatable bonds is 6. The Bertz CT molecular complexity index is 815. The van der Waals surface area contributed by atoms with Crippen LogP contribution in [0.2, 0.25) is 0 Å². The van der Waals surface area contributed by atoms with Gasteiger partial charge in [0.05, 0.1) is 29.6 Å². The Kier molecular flexibility index (Phi) is 5.26. The van der Waals surface area contributed by atoms with Crippen molar-refractivity contribution >= 4 is 5.91 Å². The summed E-state index contributed by atoms with van der Waals surface area (Å²) in [5.41, 5.74) is 2.80. The Hall–Kier alpha value is -2.92. The van der Waals surface area contributed by atoms with E-state index in [1.54, 1.807) is 0 Å². The van der Waals surface area contributed by atoms with Crippen LogP contribution in [0.15, 0.2) is 66.9 Å². The molecule has 0 saturated carbocycles. The number of hydrogen-bond donors (Lipinski definition) is 3. The van der Waals surface area contributed by atoms with Crippen LogP contribution >= 0.6 is 0 Å². The van der Waals surface area contributed by atoms with Crippen LogP contribution in [0.4, 0.5) is 0 Å². The van der Waals surface area contributed by atoms with Gasteiger partial charge in [-0.05, 0) is 12.0 Å². The SMILES string of the molecule is CCC(NC(=O)c1cn[nH]c1-c1ccccc1)C(O)c1ccccc1. The van der Waals surface area contributed by atoms with E-state index in [1.807, 2.05) is 67.6 Å². The first-order valence-corrected chi connectivity index (χ1v) is 8.33. The van der Waals surface area contributed by atoms with Crippen molar-refractivity contribution in [2.45, 2.75) is 25.5 Å². The van der Waals surface area contributed by atoms with Crippen molar-refractivity contribution in [1.82, 2.24) is 15.5 Å². The Morgan fingerprint density at radius 1 is 1.12 bits per heavy atom. The van der Waals surface area contributed by atoms with Crippen LogP contribution in [0.3, 0.4) is 0 Å². The van der Waals surface area contributed by atoms with Crippen LogP contribution in [-0.2, 0) is 0 Å². The zero-order valence-corrected chi connectivity index (χ0v) is 14.0. The van der Waals surface area contributed by atoms with Gasteiger partial charge in [-0.1, -0.05) is 67.6 Å². The van der Waals surface area contributed by atoms with Gasteiger partial charge in [0.25, 0.3) is 5.91 Å². The second-order valence-corrected chi connectivity index (χ2v) is 5.87. The van der Waals surface area contributed by atoms with Gasteiger partial charge in [-0.2, -0.15) is 5.10 Å². The fourth-order valence-corrected chi connectivity index (χ4v) is 2.82. The molecule has 3 rings (SSSR count). The van der Waals surface area contributed by atoms with Crippen LogP contribution in [0.5, 0.6) is 0 Å². The second-order valence-electron chi connectivity index (χ2n) is 5.87. The number of aromatic nitrogens is 2. The number of carbonyl (C=O) groups is 1. The number of carbonyl (C=O) groups excluding carboxylic acids is 1. The summed E-state index contributed by atoms with van der Waals surface area (Å²) in [5.74, 6) is -0.255. The lowest BCUT2D eigenvalue weighted by Gasteiger charge is -2.23. The molecule has 0 saturated heterocycles. The fourth-order valence-electron chi connectivity index (χ4n) is 2.82. The highest BCUT2D eigenvalue weighted by Crippen LogP contribution is 2.22. The Balaban J connectivity index is 1.79. The minimum Gasteiger partial charge on any atom is -0.386 e. The molecule has 3 N–H and O–H groups in total. The zero-order valence-electron chi connectivity index (χ0n) is 14.0. The lowest BCUT2D eigenvalue weighted by atomic mass is 9.99. The average Bonchev–Trinajstić information content (AvgIpc) is 3.17. The van der Waals surface area contributed by atoms with E-state index in [1.165, 1.54) is 6.20 Å². The van der Waals surface area contributed by atoms with Gasteiger partial charge in [-0.15, -0.1) is 0 Å². The molecule has 0 aliphatic carbocycles. The standard InChI is InChI=1S/C20H21N3O2/c1-2-17(19(24)15-11-7-4-8-12-15)22-20(25)16-13-21-23-18(16)14-9-5-3-6-10-14/h3-13,17,19,24H,2H2,1H3,(H,21,23)(H,22,25). The summed E-state index contributed by atoms with van der Waals surface area (Å²) < 4.78 is 0. The largest absolute Gasteiger partial charge is 0.386 e. The molecule has 2 aromatic carbocycles. The van der Waals surface area contributed by atoms with Gasteiger partial charge in [0.1, 0.15) is 0 Å². The number of aromatic amines is 1. The molecule has 0 fully saturated rings. The van der Waals surface area contributed by atoms with Crippen molar-refractivity contribution in [2.75, 3.05) is 0 Å². The molecule has 0 aliphatic heterocycles. The predicted octanol–water partition coefficient (Wildman–Crippen LogP) is 3.32. The van der Waals surface area contributed by atoms with Crippen molar-refractivity contribution in [3.63, 3.8) is 0 Å². The van der Waals surface area contributed by atoms with Crippen LogP contribution in [0, 0.1) is 0 Å². The highest BCUT2D eigenvalue weighted by Gasteiger charge is 2.23. The Labute approximate surface area is 146 Å². The van der Waals surface area contributed by atoms with E-state index in [4.69, 9.17) is 0 Å². The van der Waals surface area contributed by atoms with Gasteiger partial charge in [0.15, 0.2) is 0 Å². The van der Waals surface area contributed by atoms with E-state index in [9.17, 15) is 9.90 Å². The smallest absolute Gasteiger partial charge is 0.255 e. The summed E-state index contributed by atoms with van der Waals surface area (Å²) in [5, 5.41) is 20.4. The summed E-state index contributed by atoms with van der Waals surface area (Å²) in [7, 11) is 0. The number of hydrogen-bond acceptors (Lipinski definition) is 3. The van der Waals surface area contributed by atoms with Gasteiger partial charge in [-0.3, -0.25) is 9.89 Å². The molecule has 2 atom stereocenters. The zero-order chi connectivity index (χ0) is 17.6. The molecule has 1 aromatic heterocycles. The number of amides is 1. The Morgan fingerprint density at radius 3 is 2.40 bits per heavy atom. The van der Waals surface area contributed by atoms with Crippen molar-refractivity contribution in [1.29, 1.82) is 0 Å². The summed E-state index contributed by atoms with van der Waals surface area (Å²) in [4.78, 5) is 12.7. The van der Waals surface area contributed by atoms with Gasteiger partial charge in [0.2, 0.25) is 0 Å². The van der Waals surface area contributed by atoms with Gasteiger partial charge < -0.3 is 10.4 Å². The third-order valence-corrected chi connectivity index (χ3v) is 4.22. The molecule has 1 amide bonds.